The van der Waals surface area contributed by atoms with Gasteiger partial charge in [-0.3, -0.25) is 4.79 Å². The van der Waals surface area contributed by atoms with Crippen LogP contribution in [-0.2, 0) is 14.8 Å². The summed E-state index contributed by atoms with van der Waals surface area (Å²) in [6, 6.07) is 16.3. The van der Waals surface area contributed by atoms with Gasteiger partial charge in [-0.25, -0.2) is 8.42 Å². The van der Waals surface area contributed by atoms with Gasteiger partial charge in [0.05, 0.1) is 22.0 Å². The molecule has 1 N–H and O–H groups in total. The van der Waals surface area contributed by atoms with Crippen molar-refractivity contribution in [1.29, 1.82) is 0 Å². The van der Waals surface area contributed by atoms with Crippen molar-refractivity contribution in [2.75, 3.05) is 18.4 Å². The zero-order chi connectivity index (χ0) is 22.9. The largest absolute Gasteiger partial charge is 0.373 e. The van der Waals surface area contributed by atoms with Gasteiger partial charge in [-0.2, -0.15) is 4.31 Å². The zero-order valence-electron chi connectivity index (χ0n) is 18.2. The van der Waals surface area contributed by atoms with Crippen molar-refractivity contribution in [3.63, 3.8) is 0 Å². The van der Waals surface area contributed by atoms with Gasteiger partial charge in [-0.1, -0.05) is 29.8 Å². The number of carbonyl (C=O) groups excluding carboxylic acids is 1. The van der Waals surface area contributed by atoms with Crippen molar-refractivity contribution in [2.24, 2.45) is 0 Å². The van der Waals surface area contributed by atoms with Crippen LogP contribution in [0, 0.1) is 6.92 Å². The normalized spacial score (nSPS) is 19.6. The molecule has 1 fully saturated rings. The zero-order valence-corrected chi connectivity index (χ0v) is 19.9. The van der Waals surface area contributed by atoms with Gasteiger partial charge in [0, 0.05) is 24.3 Å². The van der Waals surface area contributed by atoms with E-state index in [1.165, 1.54) is 27.8 Å². The first-order valence-corrected chi connectivity index (χ1v) is 12.8. The number of aryl methyl sites for hydroxylation is 1. The Balaban J connectivity index is 1.49. The Kier molecular flexibility index (Phi) is 6.48. The Bertz CT molecular complexity index is 1190. The van der Waals surface area contributed by atoms with Crippen molar-refractivity contribution < 1.29 is 17.9 Å². The predicted octanol–water partition coefficient (Wildman–Crippen LogP) is 4.77. The molecule has 1 amide bonds. The van der Waals surface area contributed by atoms with E-state index >= 15 is 0 Å². The second-order valence-electron chi connectivity index (χ2n) is 8.09. The summed E-state index contributed by atoms with van der Waals surface area (Å²) in [7, 11) is -3.62. The van der Waals surface area contributed by atoms with Gasteiger partial charge < -0.3 is 10.1 Å². The SMILES string of the molecule is Cc1ccc(-c2ccsc2C(=O)Nc2ccc(S(=O)(=O)N3CC(C)OC(C)C3)cc2)cc1. The highest BCUT2D eigenvalue weighted by Crippen LogP contribution is 2.30. The highest BCUT2D eigenvalue weighted by molar-refractivity contribution is 7.89. The molecule has 2 atom stereocenters. The Labute approximate surface area is 192 Å². The monoisotopic (exact) mass is 470 g/mol. The van der Waals surface area contributed by atoms with Crippen LogP contribution < -0.4 is 5.32 Å². The summed E-state index contributed by atoms with van der Waals surface area (Å²) in [4.78, 5) is 13.7. The number of anilines is 1. The molecule has 0 bridgehead atoms. The Morgan fingerprint density at radius 1 is 1.00 bits per heavy atom. The van der Waals surface area contributed by atoms with Crippen LogP contribution in [0.5, 0.6) is 0 Å². The van der Waals surface area contributed by atoms with Gasteiger partial charge in [0.25, 0.3) is 5.91 Å². The summed E-state index contributed by atoms with van der Waals surface area (Å²) in [5, 5.41) is 4.77. The molecule has 6 nitrogen and oxygen atoms in total. The van der Waals surface area contributed by atoms with E-state index in [-0.39, 0.29) is 23.0 Å². The number of amides is 1. The molecule has 1 aliphatic heterocycles. The summed E-state index contributed by atoms with van der Waals surface area (Å²) < 4.78 is 33.1. The van der Waals surface area contributed by atoms with Gasteiger partial charge >= 0.3 is 0 Å². The number of thiophene rings is 1. The maximum atomic E-state index is 13.0. The molecule has 1 saturated heterocycles. The van der Waals surface area contributed by atoms with Gasteiger partial charge in [0.15, 0.2) is 0 Å². The fraction of sp³-hybridized carbons (Fsp3) is 0.292. The summed E-state index contributed by atoms with van der Waals surface area (Å²) in [5.74, 6) is -0.220. The second-order valence-corrected chi connectivity index (χ2v) is 10.9. The first kappa shape index (κ1) is 22.7. The molecule has 4 rings (SSSR count). The van der Waals surface area contributed by atoms with Gasteiger partial charge in [-0.05, 0) is 62.0 Å². The van der Waals surface area contributed by atoms with Crippen molar-refractivity contribution in [2.45, 2.75) is 37.9 Å². The van der Waals surface area contributed by atoms with E-state index in [4.69, 9.17) is 4.74 Å². The number of ether oxygens (including phenoxy) is 1. The highest BCUT2D eigenvalue weighted by atomic mass is 32.2. The maximum Gasteiger partial charge on any atom is 0.266 e. The minimum absolute atomic E-state index is 0.152. The van der Waals surface area contributed by atoms with Crippen LogP contribution in [0.25, 0.3) is 11.1 Å². The van der Waals surface area contributed by atoms with Crippen LogP contribution in [0.3, 0.4) is 0 Å². The molecule has 2 aromatic carbocycles. The summed E-state index contributed by atoms with van der Waals surface area (Å²) in [5.41, 5.74) is 3.56. The van der Waals surface area contributed by atoms with Crippen LogP contribution in [0.4, 0.5) is 5.69 Å². The summed E-state index contributed by atoms with van der Waals surface area (Å²) >= 11 is 1.38. The average Bonchev–Trinajstić information content (AvgIpc) is 3.24. The smallest absolute Gasteiger partial charge is 0.266 e. The molecule has 0 radical (unpaired) electrons. The van der Waals surface area contributed by atoms with Crippen LogP contribution in [0.1, 0.15) is 29.1 Å². The van der Waals surface area contributed by atoms with Crippen molar-refractivity contribution in [1.82, 2.24) is 4.31 Å². The van der Waals surface area contributed by atoms with Crippen LogP contribution in [-0.4, -0.2) is 43.9 Å². The fourth-order valence-electron chi connectivity index (χ4n) is 3.82. The second kappa shape index (κ2) is 9.15. The van der Waals surface area contributed by atoms with E-state index in [0.717, 1.165) is 16.7 Å². The molecule has 168 valence electrons. The topological polar surface area (TPSA) is 75.7 Å². The van der Waals surface area contributed by atoms with Crippen molar-refractivity contribution >= 4 is 33.0 Å². The molecule has 8 heteroatoms. The molecule has 1 aliphatic rings. The van der Waals surface area contributed by atoms with E-state index in [1.54, 1.807) is 12.1 Å². The Morgan fingerprint density at radius 3 is 2.25 bits per heavy atom. The first-order valence-electron chi connectivity index (χ1n) is 10.5. The summed E-state index contributed by atoms with van der Waals surface area (Å²) in [6.07, 6.45) is -0.304. The van der Waals surface area contributed by atoms with Gasteiger partial charge in [0.1, 0.15) is 0 Å². The van der Waals surface area contributed by atoms with Gasteiger partial charge in [0.2, 0.25) is 10.0 Å². The predicted molar refractivity (Wildman–Crippen MR) is 128 cm³/mol. The van der Waals surface area contributed by atoms with E-state index in [0.29, 0.717) is 23.7 Å². The number of hydrogen-bond donors (Lipinski definition) is 1. The number of hydrogen-bond acceptors (Lipinski definition) is 5. The third-order valence-corrected chi connectivity index (χ3v) is 8.13. The minimum atomic E-state index is -3.62. The lowest BCUT2D eigenvalue weighted by Crippen LogP contribution is -2.48. The van der Waals surface area contributed by atoms with Crippen LogP contribution in [0.15, 0.2) is 64.9 Å². The fourth-order valence-corrected chi connectivity index (χ4v) is 6.22. The van der Waals surface area contributed by atoms with Gasteiger partial charge in [-0.15, -0.1) is 11.3 Å². The lowest BCUT2D eigenvalue weighted by molar-refractivity contribution is -0.0440. The standard InChI is InChI=1S/C24H26N2O4S2/c1-16-4-6-19(7-5-16)22-12-13-31-23(22)24(27)25-20-8-10-21(11-9-20)32(28,29)26-14-17(2)30-18(3)15-26/h4-13,17-18H,14-15H2,1-3H3,(H,25,27). The third-order valence-electron chi connectivity index (χ3n) is 5.37. The van der Waals surface area contributed by atoms with E-state index in [1.807, 2.05) is 56.5 Å². The lowest BCUT2D eigenvalue weighted by Gasteiger charge is -2.34. The van der Waals surface area contributed by atoms with E-state index in [2.05, 4.69) is 5.32 Å². The molecule has 0 spiro atoms. The molecule has 2 unspecified atom stereocenters. The number of nitrogens with zero attached hydrogens (tertiary/aromatic N) is 1. The molecular formula is C24H26N2O4S2. The number of nitrogens with one attached hydrogen (secondary N) is 1. The third kappa shape index (κ3) is 4.78. The lowest BCUT2D eigenvalue weighted by atomic mass is 10.0. The molecule has 3 aromatic rings. The Morgan fingerprint density at radius 2 is 1.62 bits per heavy atom. The molecule has 32 heavy (non-hydrogen) atoms. The minimum Gasteiger partial charge on any atom is -0.373 e. The van der Waals surface area contributed by atoms with Crippen molar-refractivity contribution in [3.8, 4) is 11.1 Å². The maximum absolute atomic E-state index is 13.0. The first-order chi connectivity index (χ1) is 15.2. The van der Waals surface area contributed by atoms with Crippen LogP contribution in [0.2, 0.25) is 0 Å². The number of carbonyl (C=O) groups is 1. The molecule has 0 saturated carbocycles. The van der Waals surface area contributed by atoms with Crippen LogP contribution >= 0.6 is 11.3 Å². The van der Waals surface area contributed by atoms with Crippen molar-refractivity contribution in [3.05, 3.63) is 70.4 Å². The van der Waals surface area contributed by atoms with E-state index < -0.39 is 10.0 Å². The molecular weight excluding hydrogens is 444 g/mol. The summed E-state index contributed by atoms with van der Waals surface area (Å²) in [6.45, 7) is 6.41. The number of rotatable bonds is 5. The molecule has 1 aromatic heterocycles. The Hall–Kier alpha value is -2.52. The number of morpholine rings is 1. The average molecular weight is 471 g/mol. The molecule has 0 aliphatic carbocycles. The molecule has 2 heterocycles. The number of sulfonamides is 1. The number of benzene rings is 2. The highest BCUT2D eigenvalue weighted by Gasteiger charge is 2.32. The quantitative estimate of drug-likeness (QED) is 0.583. The van der Waals surface area contributed by atoms with E-state index in [9.17, 15) is 13.2 Å².